The molecule has 6 heteroatoms. The van der Waals surface area contributed by atoms with Crippen LogP contribution < -0.4 is 0 Å². The standard InChI is InChI=1S/C18H27NO5/c20-17(19-8-12-22-13-9-19)15-5-1-2-6-16(15)18(21)24-11-7-14-4-3-10-23-14/h1-2,14-16H,3-13H2/t14-,15+,16-/m0/s1. The number of esters is 1. The van der Waals surface area contributed by atoms with Crippen molar-refractivity contribution in [3.63, 3.8) is 0 Å². The van der Waals surface area contributed by atoms with Gasteiger partial charge in [-0.1, -0.05) is 12.2 Å². The number of nitrogens with zero attached hydrogens (tertiary/aromatic N) is 1. The van der Waals surface area contributed by atoms with Crippen LogP contribution >= 0.6 is 0 Å². The summed E-state index contributed by atoms with van der Waals surface area (Å²) in [6.07, 6.45) is 8.27. The van der Waals surface area contributed by atoms with Crippen LogP contribution in [0, 0.1) is 11.8 Å². The zero-order chi connectivity index (χ0) is 16.8. The zero-order valence-electron chi connectivity index (χ0n) is 14.2. The van der Waals surface area contributed by atoms with Gasteiger partial charge in [0.2, 0.25) is 5.91 Å². The Labute approximate surface area is 143 Å². The van der Waals surface area contributed by atoms with E-state index in [1.165, 1.54) is 0 Å². The van der Waals surface area contributed by atoms with Gasteiger partial charge < -0.3 is 19.1 Å². The van der Waals surface area contributed by atoms with Gasteiger partial charge in [-0.3, -0.25) is 9.59 Å². The summed E-state index contributed by atoms with van der Waals surface area (Å²) in [5.41, 5.74) is 0. The minimum atomic E-state index is -0.366. The molecule has 3 atom stereocenters. The average molecular weight is 337 g/mol. The Kier molecular flexibility index (Phi) is 6.26. The van der Waals surface area contributed by atoms with E-state index in [2.05, 4.69) is 0 Å². The van der Waals surface area contributed by atoms with Gasteiger partial charge in [0.25, 0.3) is 0 Å². The van der Waals surface area contributed by atoms with E-state index in [1.54, 1.807) is 0 Å². The van der Waals surface area contributed by atoms with E-state index in [0.29, 0.717) is 45.8 Å². The molecule has 0 spiro atoms. The number of hydrogen-bond acceptors (Lipinski definition) is 5. The maximum absolute atomic E-state index is 12.8. The van der Waals surface area contributed by atoms with Crippen molar-refractivity contribution < 1.29 is 23.8 Å². The summed E-state index contributed by atoms with van der Waals surface area (Å²) in [5, 5.41) is 0. The SMILES string of the molecule is O=C(OCC[C@@H]1CCCO1)[C@H]1CC=CC[C@H]1C(=O)N1CCOCC1. The van der Waals surface area contributed by atoms with Crippen molar-refractivity contribution in [2.45, 2.75) is 38.2 Å². The molecule has 0 aromatic rings. The van der Waals surface area contributed by atoms with Crippen molar-refractivity contribution in [3.05, 3.63) is 12.2 Å². The fraction of sp³-hybridized carbons (Fsp3) is 0.778. The van der Waals surface area contributed by atoms with Crippen LogP contribution in [0.15, 0.2) is 12.2 Å². The van der Waals surface area contributed by atoms with Crippen molar-refractivity contribution in [3.8, 4) is 0 Å². The first-order valence-corrected chi connectivity index (χ1v) is 9.05. The van der Waals surface area contributed by atoms with Crippen LogP contribution in [0.1, 0.15) is 32.1 Å². The molecule has 0 aromatic carbocycles. The monoisotopic (exact) mass is 337 g/mol. The summed E-state index contributed by atoms with van der Waals surface area (Å²) in [6, 6.07) is 0. The summed E-state index contributed by atoms with van der Waals surface area (Å²) in [4.78, 5) is 27.1. The molecule has 134 valence electrons. The van der Waals surface area contributed by atoms with Gasteiger partial charge in [0.1, 0.15) is 0 Å². The molecule has 2 fully saturated rings. The second kappa shape index (κ2) is 8.62. The quantitative estimate of drug-likeness (QED) is 0.562. The second-order valence-corrected chi connectivity index (χ2v) is 6.68. The lowest BCUT2D eigenvalue weighted by Crippen LogP contribution is -2.47. The minimum Gasteiger partial charge on any atom is -0.465 e. The number of ether oxygens (including phenoxy) is 3. The van der Waals surface area contributed by atoms with E-state index in [4.69, 9.17) is 14.2 Å². The van der Waals surface area contributed by atoms with E-state index < -0.39 is 0 Å². The van der Waals surface area contributed by atoms with Gasteiger partial charge in [-0.2, -0.15) is 0 Å². The molecule has 2 saturated heterocycles. The molecule has 0 unspecified atom stereocenters. The van der Waals surface area contributed by atoms with E-state index in [-0.39, 0.29) is 29.8 Å². The van der Waals surface area contributed by atoms with Crippen molar-refractivity contribution >= 4 is 11.9 Å². The Bertz CT molecular complexity index is 466. The summed E-state index contributed by atoms with van der Waals surface area (Å²) in [7, 11) is 0. The summed E-state index contributed by atoms with van der Waals surface area (Å²) < 4.78 is 16.3. The van der Waals surface area contributed by atoms with E-state index in [9.17, 15) is 9.59 Å². The van der Waals surface area contributed by atoms with Crippen LogP contribution in [-0.2, 0) is 23.8 Å². The van der Waals surface area contributed by atoms with Crippen molar-refractivity contribution in [2.75, 3.05) is 39.5 Å². The average Bonchev–Trinajstić information content (AvgIpc) is 3.15. The van der Waals surface area contributed by atoms with Crippen molar-refractivity contribution in [1.82, 2.24) is 4.90 Å². The molecular weight excluding hydrogens is 310 g/mol. The third kappa shape index (κ3) is 4.36. The Morgan fingerprint density at radius 3 is 2.54 bits per heavy atom. The lowest BCUT2D eigenvalue weighted by atomic mass is 9.82. The fourth-order valence-corrected chi connectivity index (χ4v) is 3.64. The first-order valence-electron chi connectivity index (χ1n) is 9.05. The highest BCUT2D eigenvalue weighted by molar-refractivity contribution is 5.86. The largest absolute Gasteiger partial charge is 0.465 e. The van der Waals surface area contributed by atoms with E-state index in [1.807, 2.05) is 17.1 Å². The number of allylic oxidation sites excluding steroid dienone is 2. The van der Waals surface area contributed by atoms with Gasteiger partial charge in [-0.05, 0) is 25.7 Å². The molecule has 2 aliphatic heterocycles. The first-order chi connectivity index (χ1) is 11.8. The smallest absolute Gasteiger partial charge is 0.310 e. The highest BCUT2D eigenvalue weighted by Crippen LogP contribution is 2.29. The Balaban J connectivity index is 1.51. The topological polar surface area (TPSA) is 65.1 Å². The molecule has 1 aliphatic carbocycles. The number of carbonyl (C=O) groups excluding carboxylic acids is 2. The van der Waals surface area contributed by atoms with Crippen LogP contribution in [0.3, 0.4) is 0 Å². The summed E-state index contributed by atoms with van der Waals surface area (Å²) in [5.74, 6) is -0.856. The van der Waals surface area contributed by atoms with Crippen LogP contribution in [0.25, 0.3) is 0 Å². The molecular formula is C18H27NO5. The third-order valence-electron chi connectivity index (χ3n) is 5.08. The summed E-state index contributed by atoms with van der Waals surface area (Å²) >= 11 is 0. The maximum atomic E-state index is 12.8. The zero-order valence-corrected chi connectivity index (χ0v) is 14.2. The molecule has 3 aliphatic rings. The van der Waals surface area contributed by atoms with Gasteiger partial charge in [-0.15, -0.1) is 0 Å². The lowest BCUT2D eigenvalue weighted by Gasteiger charge is -2.33. The molecule has 2 heterocycles. The van der Waals surface area contributed by atoms with Crippen molar-refractivity contribution in [2.24, 2.45) is 11.8 Å². The second-order valence-electron chi connectivity index (χ2n) is 6.68. The van der Waals surface area contributed by atoms with Gasteiger partial charge in [-0.25, -0.2) is 0 Å². The van der Waals surface area contributed by atoms with Crippen LogP contribution in [-0.4, -0.2) is 62.4 Å². The molecule has 0 bridgehead atoms. The predicted octanol–water partition coefficient (Wildman–Crippen LogP) is 1.54. The fourth-order valence-electron chi connectivity index (χ4n) is 3.64. The Hall–Kier alpha value is -1.40. The first kappa shape index (κ1) is 17.4. The molecule has 0 radical (unpaired) electrons. The van der Waals surface area contributed by atoms with E-state index >= 15 is 0 Å². The molecule has 3 rings (SSSR count). The molecule has 6 nitrogen and oxygen atoms in total. The number of hydrogen-bond donors (Lipinski definition) is 0. The number of carbonyl (C=O) groups is 2. The van der Waals surface area contributed by atoms with Crippen molar-refractivity contribution in [1.29, 1.82) is 0 Å². The highest BCUT2D eigenvalue weighted by atomic mass is 16.5. The number of rotatable bonds is 5. The normalized spacial score (nSPS) is 30.3. The van der Waals surface area contributed by atoms with Crippen LogP contribution in [0.2, 0.25) is 0 Å². The summed E-state index contributed by atoms with van der Waals surface area (Å²) in [6.45, 7) is 3.56. The third-order valence-corrected chi connectivity index (χ3v) is 5.08. The Morgan fingerprint density at radius 1 is 1.08 bits per heavy atom. The highest BCUT2D eigenvalue weighted by Gasteiger charge is 2.37. The molecule has 1 amide bonds. The maximum Gasteiger partial charge on any atom is 0.310 e. The van der Waals surface area contributed by atoms with Crippen LogP contribution in [0.5, 0.6) is 0 Å². The number of amides is 1. The van der Waals surface area contributed by atoms with Gasteiger partial charge >= 0.3 is 5.97 Å². The lowest BCUT2D eigenvalue weighted by molar-refractivity contribution is -0.157. The van der Waals surface area contributed by atoms with Gasteiger partial charge in [0.05, 0.1) is 37.8 Å². The van der Waals surface area contributed by atoms with Crippen LogP contribution in [0.4, 0.5) is 0 Å². The number of morpholine rings is 1. The molecule has 0 aromatic heterocycles. The molecule has 0 N–H and O–H groups in total. The van der Waals surface area contributed by atoms with Gasteiger partial charge in [0.15, 0.2) is 0 Å². The van der Waals surface area contributed by atoms with E-state index in [0.717, 1.165) is 25.9 Å². The molecule has 24 heavy (non-hydrogen) atoms. The minimum absolute atomic E-state index is 0.0590. The van der Waals surface area contributed by atoms with Gasteiger partial charge in [0, 0.05) is 26.1 Å². The predicted molar refractivity (Wildman–Crippen MR) is 87.3 cm³/mol. The molecule has 0 saturated carbocycles. The Morgan fingerprint density at radius 2 is 1.83 bits per heavy atom.